The fourth-order valence-corrected chi connectivity index (χ4v) is 2.11. The highest BCUT2D eigenvalue weighted by Gasteiger charge is 2.16. The van der Waals surface area contributed by atoms with Crippen molar-refractivity contribution in [2.24, 2.45) is 0 Å². The SMILES string of the molecule is CN(C)C(=O)c1ccc(NC(=O)COC(=O)CCCNC(=O)OC(C)(C)C)cc1. The van der Waals surface area contributed by atoms with Crippen molar-refractivity contribution >= 4 is 29.6 Å². The summed E-state index contributed by atoms with van der Waals surface area (Å²) in [5.41, 5.74) is 0.404. The molecule has 0 atom stereocenters. The van der Waals surface area contributed by atoms with E-state index in [0.717, 1.165) is 0 Å². The van der Waals surface area contributed by atoms with Crippen molar-refractivity contribution in [2.75, 3.05) is 32.6 Å². The molecule has 29 heavy (non-hydrogen) atoms. The van der Waals surface area contributed by atoms with Crippen molar-refractivity contribution in [1.29, 1.82) is 0 Å². The van der Waals surface area contributed by atoms with Crippen LogP contribution in [-0.4, -0.2) is 61.6 Å². The molecule has 0 aliphatic heterocycles. The Morgan fingerprint density at radius 3 is 2.21 bits per heavy atom. The summed E-state index contributed by atoms with van der Waals surface area (Å²) in [6.45, 7) is 5.11. The normalized spacial score (nSPS) is 10.7. The van der Waals surface area contributed by atoms with Gasteiger partial charge >= 0.3 is 12.1 Å². The summed E-state index contributed by atoms with van der Waals surface area (Å²) < 4.78 is 9.97. The average Bonchev–Trinajstić information content (AvgIpc) is 2.62. The number of carbonyl (C=O) groups excluding carboxylic acids is 4. The fraction of sp³-hybridized carbons (Fsp3) is 0.500. The van der Waals surface area contributed by atoms with E-state index in [1.807, 2.05) is 0 Å². The van der Waals surface area contributed by atoms with Gasteiger partial charge in [-0.2, -0.15) is 0 Å². The second-order valence-corrected chi connectivity index (χ2v) is 7.52. The van der Waals surface area contributed by atoms with Crippen LogP contribution in [0.4, 0.5) is 10.5 Å². The van der Waals surface area contributed by atoms with Gasteiger partial charge in [-0.05, 0) is 51.5 Å². The van der Waals surface area contributed by atoms with Gasteiger partial charge in [-0.15, -0.1) is 0 Å². The molecule has 0 radical (unpaired) electrons. The lowest BCUT2D eigenvalue weighted by Gasteiger charge is -2.19. The minimum Gasteiger partial charge on any atom is -0.456 e. The Balaban J connectivity index is 2.26. The van der Waals surface area contributed by atoms with E-state index in [0.29, 0.717) is 17.7 Å². The molecule has 0 aliphatic carbocycles. The van der Waals surface area contributed by atoms with E-state index in [2.05, 4.69) is 10.6 Å². The van der Waals surface area contributed by atoms with Gasteiger partial charge in [0.2, 0.25) is 0 Å². The van der Waals surface area contributed by atoms with Crippen LogP contribution in [0.1, 0.15) is 44.0 Å². The van der Waals surface area contributed by atoms with E-state index in [4.69, 9.17) is 9.47 Å². The van der Waals surface area contributed by atoms with Gasteiger partial charge in [-0.25, -0.2) is 4.79 Å². The zero-order valence-corrected chi connectivity index (χ0v) is 17.5. The fourth-order valence-electron chi connectivity index (χ4n) is 2.11. The van der Waals surface area contributed by atoms with Crippen LogP contribution in [-0.2, 0) is 19.1 Å². The zero-order chi connectivity index (χ0) is 22.0. The van der Waals surface area contributed by atoms with Gasteiger partial charge in [0.15, 0.2) is 6.61 Å². The highest BCUT2D eigenvalue weighted by molar-refractivity contribution is 5.96. The lowest BCUT2D eigenvalue weighted by atomic mass is 10.2. The van der Waals surface area contributed by atoms with Crippen molar-refractivity contribution in [2.45, 2.75) is 39.2 Å². The minimum atomic E-state index is -0.585. The summed E-state index contributed by atoms with van der Waals surface area (Å²) in [6.07, 6.45) is -0.130. The second kappa shape index (κ2) is 11.0. The second-order valence-electron chi connectivity index (χ2n) is 7.52. The standard InChI is InChI=1S/C20H29N3O6/c1-20(2,3)29-19(27)21-12-6-7-17(25)28-13-16(24)22-15-10-8-14(9-11-15)18(26)23(4)5/h8-11H,6-7,12-13H2,1-5H3,(H,21,27)(H,22,24). The van der Waals surface area contributed by atoms with E-state index >= 15 is 0 Å². The third-order valence-electron chi connectivity index (χ3n) is 3.41. The molecule has 0 saturated carbocycles. The Morgan fingerprint density at radius 2 is 1.66 bits per heavy atom. The Hall–Kier alpha value is -3.10. The Bertz CT molecular complexity index is 723. The van der Waals surface area contributed by atoms with E-state index in [9.17, 15) is 19.2 Å². The first kappa shape index (κ1) is 23.9. The van der Waals surface area contributed by atoms with Crippen molar-refractivity contribution in [1.82, 2.24) is 10.2 Å². The molecule has 0 bridgehead atoms. The number of anilines is 1. The molecule has 2 N–H and O–H groups in total. The number of hydrogen-bond acceptors (Lipinski definition) is 6. The van der Waals surface area contributed by atoms with Gasteiger partial charge in [0, 0.05) is 38.3 Å². The van der Waals surface area contributed by atoms with Crippen LogP contribution in [0.25, 0.3) is 0 Å². The summed E-state index contributed by atoms with van der Waals surface area (Å²) in [5.74, 6) is -1.17. The molecule has 9 heteroatoms. The number of benzene rings is 1. The maximum Gasteiger partial charge on any atom is 0.407 e. The van der Waals surface area contributed by atoms with Crippen LogP contribution < -0.4 is 10.6 Å². The Labute approximate surface area is 170 Å². The maximum absolute atomic E-state index is 11.9. The van der Waals surface area contributed by atoms with Crippen LogP contribution in [0.5, 0.6) is 0 Å². The summed E-state index contributed by atoms with van der Waals surface area (Å²) in [7, 11) is 3.31. The molecule has 0 aliphatic rings. The van der Waals surface area contributed by atoms with Crippen LogP contribution in [0.3, 0.4) is 0 Å². The van der Waals surface area contributed by atoms with Gasteiger partial charge in [0.05, 0.1) is 0 Å². The monoisotopic (exact) mass is 407 g/mol. The van der Waals surface area contributed by atoms with Gasteiger partial charge in [-0.3, -0.25) is 14.4 Å². The highest BCUT2D eigenvalue weighted by atomic mass is 16.6. The molecule has 0 fully saturated rings. The summed E-state index contributed by atoms with van der Waals surface area (Å²) in [4.78, 5) is 48.3. The van der Waals surface area contributed by atoms with E-state index in [1.165, 1.54) is 4.90 Å². The molecule has 9 nitrogen and oxygen atoms in total. The molecule has 1 aromatic carbocycles. The number of rotatable bonds is 8. The number of nitrogens with zero attached hydrogens (tertiary/aromatic N) is 1. The first-order valence-electron chi connectivity index (χ1n) is 9.22. The maximum atomic E-state index is 11.9. The molecule has 160 valence electrons. The first-order chi connectivity index (χ1) is 13.5. The largest absolute Gasteiger partial charge is 0.456 e. The van der Waals surface area contributed by atoms with Crippen LogP contribution in [0.15, 0.2) is 24.3 Å². The topological polar surface area (TPSA) is 114 Å². The number of carbonyl (C=O) groups is 4. The molecular formula is C20H29N3O6. The van der Waals surface area contributed by atoms with Gasteiger partial charge in [0.1, 0.15) is 5.60 Å². The predicted octanol–water partition coefficient (Wildman–Crippen LogP) is 2.17. The summed E-state index contributed by atoms with van der Waals surface area (Å²) in [5, 5.41) is 5.12. The Kier molecular flexibility index (Phi) is 9.11. The van der Waals surface area contributed by atoms with Crippen LogP contribution in [0.2, 0.25) is 0 Å². The minimum absolute atomic E-state index is 0.0599. The van der Waals surface area contributed by atoms with Crippen molar-refractivity contribution in [3.05, 3.63) is 29.8 Å². The lowest BCUT2D eigenvalue weighted by molar-refractivity contribution is -0.147. The van der Waals surface area contributed by atoms with Gasteiger partial charge < -0.3 is 25.0 Å². The predicted molar refractivity (Wildman–Crippen MR) is 108 cm³/mol. The number of amides is 3. The summed E-state index contributed by atoms with van der Waals surface area (Å²) >= 11 is 0. The molecular weight excluding hydrogens is 378 g/mol. The smallest absolute Gasteiger partial charge is 0.407 e. The third-order valence-corrected chi connectivity index (χ3v) is 3.41. The first-order valence-corrected chi connectivity index (χ1v) is 9.22. The number of nitrogens with one attached hydrogen (secondary N) is 2. The van der Waals surface area contributed by atoms with Gasteiger partial charge in [-0.1, -0.05) is 0 Å². The van der Waals surface area contributed by atoms with Crippen molar-refractivity contribution < 1.29 is 28.7 Å². The average molecular weight is 407 g/mol. The van der Waals surface area contributed by atoms with Crippen LogP contribution in [0, 0.1) is 0 Å². The van der Waals surface area contributed by atoms with Crippen molar-refractivity contribution in [3.63, 3.8) is 0 Å². The molecule has 0 spiro atoms. The molecule has 0 aromatic heterocycles. The number of alkyl carbamates (subject to hydrolysis) is 1. The quantitative estimate of drug-likeness (QED) is 0.504. The highest BCUT2D eigenvalue weighted by Crippen LogP contribution is 2.11. The molecule has 0 saturated heterocycles. The van der Waals surface area contributed by atoms with E-state index in [-0.39, 0.29) is 18.9 Å². The molecule has 1 rings (SSSR count). The molecule has 3 amide bonds. The van der Waals surface area contributed by atoms with Gasteiger partial charge in [0.25, 0.3) is 11.8 Å². The van der Waals surface area contributed by atoms with E-state index < -0.39 is 30.2 Å². The van der Waals surface area contributed by atoms with Crippen molar-refractivity contribution in [3.8, 4) is 0 Å². The molecule has 0 unspecified atom stereocenters. The number of esters is 1. The molecule has 1 aromatic rings. The zero-order valence-electron chi connectivity index (χ0n) is 17.5. The Morgan fingerprint density at radius 1 is 1.03 bits per heavy atom. The third kappa shape index (κ3) is 10.1. The van der Waals surface area contributed by atoms with E-state index in [1.54, 1.807) is 59.1 Å². The number of hydrogen-bond donors (Lipinski definition) is 2. The number of ether oxygens (including phenoxy) is 2. The molecule has 0 heterocycles. The van der Waals surface area contributed by atoms with Crippen LogP contribution >= 0.6 is 0 Å². The lowest BCUT2D eigenvalue weighted by Crippen LogP contribution is -2.33. The summed E-state index contributed by atoms with van der Waals surface area (Å²) in [6, 6.07) is 6.39.